The van der Waals surface area contributed by atoms with Crippen LogP contribution in [0, 0.1) is 16.2 Å². The quantitative estimate of drug-likeness (QED) is 0.714. The van der Waals surface area contributed by atoms with Crippen LogP contribution in [0.4, 0.5) is 0 Å². The Morgan fingerprint density at radius 3 is 1.50 bits per heavy atom. The average Bonchev–Trinajstić information content (AvgIpc) is 1.91. The van der Waals surface area contributed by atoms with Gasteiger partial charge in [-0.15, -0.1) is 0 Å². The molecule has 1 amide bonds. The second-order valence-electron chi connectivity index (χ2n) is 8.04. The van der Waals surface area contributed by atoms with Gasteiger partial charge in [-0.3, -0.25) is 4.79 Å². The molecule has 16 heavy (non-hydrogen) atoms. The van der Waals surface area contributed by atoms with Crippen molar-refractivity contribution in [2.24, 2.45) is 16.2 Å². The maximum atomic E-state index is 10.9. The highest BCUT2D eigenvalue weighted by Crippen LogP contribution is 2.70. The van der Waals surface area contributed by atoms with Gasteiger partial charge in [0.2, 0.25) is 6.41 Å². The van der Waals surface area contributed by atoms with Crippen molar-refractivity contribution in [3.05, 3.63) is 0 Å². The first-order valence-electron chi connectivity index (χ1n) is 6.52. The number of rotatable bonds is 2. The van der Waals surface area contributed by atoms with Gasteiger partial charge in [0, 0.05) is 5.54 Å². The lowest BCUT2D eigenvalue weighted by Gasteiger charge is -2.68. The SMILES string of the molecule is CC12CC3(C)CC(C)(C1)CC(NC=O)(C2)C3. The van der Waals surface area contributed by atoms with E-state index in [-0.39, 0.29) is 5.54 Å². The molecule has 4 bridgehead atoms. The number of amides is 1. The minimum absolute atomic E-state index is 0.120. The molecular weight excluding hydrogens is 198 g/mol. The maximum Gasteiger partial charge on any atom is 0.207 e. The molecule has 90 valence electrons. The van der Waals surface area contributed by atoms with Crippen molar-refractivity contribution in [2.75, 3.05) is 0 Å². The molecule has 0 saturated heterocycles. The van der Waals surface area contributed by atoms with Gasteiger partial charge in [0.15, 0.2) is 0 Å². The van der Waals surface area contributed by atoms with E-state index in [2.05, 4.69) is 26.1 Å². The first-order valence-corrected chi connectivity index (χ1v) is 6.52. The zero-order valence-corrected chi connectivity index (χ0v) is 10.7. The molecule has 0 aromatic heterocycles. The van der Waals surface area contributed by atoms with Gasteiger partial charge in [-0.1, -0.05) is 20.8 Å². The van der Waals surface area contributed by atoms with E-state index in [4.69, 9.17) is 0 Å². The van der Waals surface area contributed by atoms with Gasteiger partial charge in [0.1, 0.15) is 0 Å². The zero-order valence-electron chi connectivity index (χ0n) is 10.7. The van der Waals surface area contributed by atoms with E-state index in [0.717, 1.165) is 6.41 Å². The predicted octanol–water partition coefficient (Wildman–Crippen LogP) is 2.87. The molecule has 0 aromatic rings. The van der Waals surface area contributed by atoms with E-state index in [1.807, 2.05) is 0 Å². The summed E-state index contributed by atoms with van der Waals surface area (Å²) in [6.07, 6.45) is 8.61. The Morgan fingerprint density at radius 2 is 1.19 bits per heavy atom. The molecule has 0 unspecified atom stereocenters. The Hall–Kier alpha value is -0.530. The van der Waals surface area contributed by atoms with Crippen molar-refractivity contribution >= 4 is 6.41 Å². The van der Waals surface area contributed by atoms with E-state index < -0.39 is 0 Å². The normalized spacial score (nSPS) is 58.7. The Kier molecular flexibility index (Phi) is 1.76. The molecule has 0 radical (unpaired) electrons. The van der Waals surface area contributed by atoms with Crippen molar-refractivity contribution < 1.29 is 4.79 Å². The van der Waals surface area contributed by atoms with Crippen molar-refractivity contribution in [1.82, 2.24) is 5.32 Å². The van der Waals surface area contributed by atoms with Crippen LogP contribution in [0.2, 0.25) is 0 Å². The third kappa shape index (κ3) is 1.34. The molecule has 2 heteroatoms. The minimum atomic E-state index is 0.120. The minimum Gasteiger partial charge on any atom is -0.353 e. The molecule has 4 aliphatic carbocycles. The average molecular weight is 221 g/mol. The molecule has 0 spiro atoms. The number of hydrogen-bond acceptors (Lipinski definition) is 1. The topological polar surface area (TPSA) is 29.1 Å². The predicted molar refractivity (Wildman–Crippen MR) is 64.0 cm³/mol. The molecule has 0 heterocycles. The summed E-state index contributed by atoms with van der Waals surface area (Å²) >= 11 is 0. The second-order valence-corrected chi connectivity index (χ2v) is 8.04. The van der Waals surface area contributed by atoms with Gasteiger partial charge < -0.3 is 5.32 Å². The van der Waals surface area contributed by atoms with Gasteiger partial charge in [-0.2, -0.15) is 0 Å². The fourth-order valence-corrected chi connectivity index (χ4v) is 6.57. The highest BCUT2D eigenvalue weighted by Gasteiger charge is 2.63. The van der Waals surface area contributed by atoms with Gasteiger partial charge in [0.05, 0.1) is 0 Å². The van der Waals surface area contributed by atoms with Crippen LogP contribution in [0.1, 0.15) is 59.3 Å². The van der Waals surface area contributed by atoms with Crippen LogP contribution in [-0.2, 0) is 4.79 Å². The molecule has 0 aromatic carbocycles. The van der Waals surface area contributed by atoms with Gasteiger partial charge in [-0.25, -0.2) is 0 Å². The van der Waals surface area contributed by atoms with Crippen LogP contribution in [-0.4, -0.2) is 11.9 Å². The second kappa shape index (κ2) is 2.65. The van der Waals surface area contributed by atoms with Crippen molar-refractivity contribution in [2.45, 2.75) is 64.8 Å². The molecule has 0 aliphatic heterocycles. The van der Waals surface area contributed by atoms with Crippen LogP contribution in [0.15, 0.2) is 0 Å². The summed E-state index contributed by atoms with van der Waals surface area (Å²) in [5, 5.41) is 3.19. The van der Waals surface area contributed by atoms with Crippen LogP contribution < -0.4 is 5.32 Å². The Labute approximate surface area is 98.2 Å². The molecule has 4 saturated carbocycles. The summed E-state index contributed by atoms with van der Waals surface area (Å²) in [5.74, 6) is 0. The van der Waals surface area contributed by atoms with E-state index in [1.165, 1.54) is 38.5 Å². The van der Waals surface area contributed by atoms with Gasteiger partial charge >= 0.3 is 0 Å². The first kappa shape index (κ1) is 10.6. The van der Waals surface area contributed by atoms with E-state index >= 15 is 0 Å². The number of carbonyl (C=O) groups is 1. The Morgan fingerprint density at radius 1 is 0.812 bits per heavy atom. The van der Waals surface area contributed by atoms with E-state index in [0.29, 0.717) is 16.2 Å². The standard InChI is InChI=1S/C14H23NO/c1-11-4-12(2)6-13(3,5-11)9-14(7-11,8-12)15-10-16/h10H,4-9H2,1-3H3,(H,15,16). The largest absolute Gasteiger partial charge is 0.353 e. The first-order chi connectivity index (χ1) is 7.30. The third-order valence-electron chi connectivity index (χ3n) is 5.22. The lowest BCUT2D eigenvalue weighted by atomic mass is 9.38. The molecular formula is C14H23NO. The van der Waals surface area contributed by atoms with Crippen molar-refractivity contribution in [1.29, 1.82) is 0 Å². The number of carbonyl (C=O) groups excluding carboxylic acids is 1. The fourth-order valence-electron chi connectivity index (χ4n) is 6.57. The monoisotopic (exact) mass is 221 g/mol. The Bertz CT molecular complexity index is 295. The lowest BCUT2D eigenvalue weighted by molar-refractivity contribution is -0.160. The van der Waals surface area contributed by atoms with Crippen molar-refractivity contribution in [3.8, 4) is 0 Å². The van der Waals surface area contributed by atoms with E-state index in [9.17, 15) is 4.79 Å². The lowest BCUT2D eigenvalue weighted by Crippen LogP contribution is -2.66. The summed E-state index contributed by atoms with van der Waals surface area (Å²) in [6.45, 7) is 7.30. The third-order valence-corrected chi connectivity index (χ3v) is 5.22. The summed E-state index contributed by atoms with van der Waals surface area (Å²) in [4.78, 5) is 10.9. The van der Waals surface area contributed by atoms with Crippen molar-refractivity contribution in [3.63, 3.8) is 0 Å². The smallest absolute Gasteiger partial charge is 0.207 e. The molecule has 0 atom stereocenters. The fraction of sp³-hybridized carbons (Fsp3) is 0.929. The van der Waals surface area contributed by atoms with Crippen LogP contribution in [0.5, 0.6) is 0 Å². The summed E-state index contributed by atoms with van der Waals surface area (Å²) in [7, 11) is 0. The number of hydrogen-bond donors (Lipinski definition) is 1. The van der Waals surface area contributed by atoms with Crippen LogP contribution in [0.25, 0.3) is 0 Å². The summed E-state index contributed by atoms with van der Waals surface area (Å²) in [6, 6.07) is 0. The van der Waals surface area contributed by atoms with Crippen LogP contribution in [0.3, 0.4) is 0 Å². The maximum absolute atomic E-state index is 10.9. The van der Waals surface area contributed by atoms with Gasteiger partial charge in [0.25, 0.3) is 0 Å². The van der Waals surface area contributed by atoms with Crippen LogP contribution >= 0.6 is 0 Å². The number of nitrogens with one attached hydrogen (secondary N) is 1. The molecule has 2 nitrogen and oxygen atoms in total. The van der Waals surface area contributed by atoms with E-state index in [1.54, 1.807) is 0 Å². The highest BCUT2D eigenvalue weighted by molar-refractivity contribution is 5.49. The highest BCUT2D eigenvalue weighted by atomic mass is 16.1. The summed E-state index contributed by atoms with van der Waals surface area (Å²) in [5.41, 5.74) is 1.52. The molecule has 4 aliphatic rings. The molecule has 4 rings (SSSR count). The van der Waals surface area contributed by atoms with Gasteiger partial charge in [-0.05, 0) is 54.8 Å². The Balaban J connectivity index is 2.03. The molecule has 1 N–H and O–H groups in total. The zero-order chi connectivity index (χ0) is 11.7. The molecule has 4 fully saturated rings. The summed E-state index contributed by atoms with van der Waals surface area (Å²) < 4.78 is 0.